The van der Waals surface area contributed by atoms with Gasteiger partial charge in [0.2, 0.25) is 6.79 Å². The lowest BCUT2D eigenvalue weighted by Crippen LogP contribution is -2.45. The Bertz CT molecular complexity index is 790. The van der Waals surface area contributed by atoms with Crippen molar-refractivity contribution in [2.45, 2.75) is 77.7 Å². The van der Waals surface area contributed by atoms with Crippen LogP contribution >= 0.6 is 0 Å². The molecule has 0 amide bonds. The van der Waals surface area contributed by atoms with Crippen LogP contribution in [0.1, 0.15) is 87.2 Å². The molecule has 1 aromatic rings. The summed E-state index contributed by atoms with van der Waals surface area (Å²) in [5.74, 6) is 1.93. The van der Waals surface area contributed by atoms with Gasteiger partial charge in [0, 0.05) is 17.4 Å². The molecule has 3 aliphatic rings. The fourth-order valence-electron chi connectivity index (χ4n) is 4.94. The van der Waals surface area contributed by atoms with Gasteiger partial charge in [-0.25, -0.2) is 4.79 Å². The summed E-state index contributed by atoms with van der Waals surface area (Å²) in [6.45, 7) is 8.74. The first kappa shape index (κ1) is 18.4. The van der Waals surface area contributed by atoms with Crippen molar-refractivity contribution in [1.29, 1.82) is 0 Å². The summed E-state index contributed by atoms with van der Waals surface area (Å²) in [5.41, 5.74) is 3.82. The summed E-state index contributed by atoms with van der Waals surface area (Å²) >= 11 is 0. The summed E-state index contributed by atoms with van der Waals surface area (Å²) in [6.07, 6.45) is 8.72. The number of allylic oxidation sites excluding steroid dienone is 2. The Balaban J connectivity index is 1.88. The highest BCUT2D eigenvalue weighted by Gasteiger charge is 2.47. The zero-order chi connectivity index (χ0) is 19.2. The molecule has 2 unspecified atom stereocenters. The van der Waals surface area contributed by atoms with Crippen molar-refractivity contribution >= 4 is 5.97 Å². The minimum atomic E-state index is -0.261. The smallest absolute Gasteiger partial charge is 0.345 e. The molecule has 0 bridgehead atoms. The molecule has 2 aliphatic heterocycles. The lowest BCUT2D eigenvalue weighted by atomic mass is 9.67. The number of cyclic esters (lactones) is 1. The second-order valence-corrected chi connectivity index (χ2v) is 8.69. The van der Waals surface area contributed by atoms with Gasteiger partial charge in [-0.3, -0.25) is 0 Å². The Labute approximate surface area is 161 Å². The number of carbonyl (C=O) groups is 1. The van der Waals surface area contributed by atoms with Gasteiger partial charge in [0.05, 0.1) is 0 Å². The van der Waals surface area contributed by atoms with E-state index in [4.69, 9.17) is 14.2 Å². The van der Waals surface area contributed by atoms with E-state index in [1.807, 2.05) is 0 Å². The molecule has 27 heavy (non-hydrogen) atoms. The quantitative estimate of drug-likeness (QED) is 0.397. The normalized spacial score (nSPS) is 25.2. The van der Waals surface area contributed by atoms with E-state index < -0.39 is 0 Å². The van der Waals surface area contributed by atoms with E-state index in [1.54, 1.807) is 0 Å². The van der Waals surface area contributed by atoms with Crippen LogP contribution in [0.15, 0.2) is 17.7 Å². The topological polar surface area (TPSA) is 44.8 Å². The number of esters is 1. The average molecular weight is 370 g/mol. The van der Waals surface area contributed by atoms with Crippen LogP contribution < -0.4 is 9.47 Å². The van der Waals surface area contributed by atoms with Crippen molar-refractivity contribution in [3.8, 4) is 11.5 Å². The first-order valence-corrected chi connectivity index (χ1v) is 10.3. The fraction of sp³-hybridized carbons (Fsp3) is 0.609. The Hall–Kier alpha value is -1.97. The van der Waals surface area contributed by atoms with Gasteiger partial charge in [0.15, 0.2) is 0 Å². The number of ether oxygens (including phenoxy) is 3. The van der Waals surface area contributed by atoms with Crippen LogP contribution in [0.2, 0.25) is 0 Å². The predicted molar refractivity (Wildman–Crippen MR) is 105 cm³/mol. The number of carbonyl (C=O) groups excluding carboxylic acids is 1. The molecule has 0 N–H and O–H groups in total. The molecule has 0 fully saturated rings. The molecule has 2 heterocycles. The largest absolute Gasteiger partial charge is 0.487 e. The number of unbranched alkanes of at least 4 members (excludes halogenated alkanes) is 2. The maximum atomic E-state index is 12.6. The Morgan fingerprint density at radius 2 is 2.04 bits per heavy atom. The van der Waals surface area contributed by atoms with Gasteiger partial charge in [-0.05, 0) is 58.1 Å². The van der Waals surface area contributed by atoms with Crippen molar-refractivity contribution in [3.63, 3.8) is 0 Å². The lowest BCUT2D eigenvalue weighted by Gasteiger charge is -2.47. The summed E-state index contributed by atoms with van der Waals surface area (Å²) in [4.78, 5) is 12.6. The van der Waals surface area contributed by atoms with Gasteiger partial charge in [0.25, 0.3) is 0 Å². The first-order chi connectivity index (χ1) is 12.9. The third-order valence-corrected chi connectivity index (χ3v) is 6.36. The lowest BCUT2D eigenvalue weighted by molar-refractivity contribution is -0.00371. The standard InChI is InChI=1S/C23H30O4/c1-5-6-7-8-15-12-18-20(21-19(15)22(24)26-13-25-21)16-11-14(2)9-10-17(16)23(3,4)27-18/h11-12,16-17H,5-10,13H2,1-4H3. The van der Waals surface area contributed by atoms with E-state index >= 15 is 0 Å². The van der Waals surface area contributed by atoms with Crippen molar-refractivity contribution in [3.05, 3.63) is 34.4 Å². The van der Waals surface area contributed by atoms with Gasteiger partial charge in [-0.2, -0.15) is 0 Å². The van der Waals surface area contributed by atoms with E-state index in [9.17, 15) is 4.79 Å². The molecule has 2 atom stereocenters. The third kappa shape index (κ3) is 3.13. The monoisotopic (exact) mass is 370 g/mol. The van der Waals surface area contributed by atoms with Gasteiger partial charge in [-0.15, -0.1) is 0 Å². The highest BCUT2D eigenvalue weighted by atomic mass is 16.7. The predicted octanol–water partition coefficient (Wildman–Crippen LogP) is 5.54. The van der Waals surface area contributed by atoms with Gasteiger partial charge in [0.1, 0.15) is 22.7 Å². The third-order valence-electron chi connectivity index (χ3n) is 6.36. The molecule has 0 radical (unpaired) electrons. The number of benzene rings is 1. The highest BCUT2D eigenvalue weighted by molar-refractivity contribution is 5.96. The van der Waals surface area contributed by atoms with Crippen LogP contribution in [0, 0.1) is 5.92 Å². The van der Waals surface area contributed by atoms with Crippen molar-refractivity contribution in [2.75, 3.05) is 6.79 Å². The number of hydrogen-bond donors (Lipinski definition) is 0. The maximum Gasteiger partial charge on any atom is 0.345 e. The van der Waals surface area contributed by atoms with E-state index in [0.717, 1.165) is 55.4 Å². The van der Waals surface area contributed by atoms with Gasteiger partial charge in [-0.1, -0.05) is 31.4 Å². The molecule has 0 spiro atoms. The van der Waals surface area contributed by atoms with E-state index in [1.165, 1.54) is 5.57 Å². The first-order valence-electron chi connectivity index (χ1n) is 10.3. The number of rotatable bonds is 4. The molecule has 0 saturated carbocycles. The second-order valence-electron chi connectivity index (χ2n) is 8.69. The Morgan fingerprint density at radius 1 is 1.22 bits per heavy atom. The van der Waals surface area contributed by atoms with Crippen LogP contribution in [0.25, 0.3) is 0 Å². The van der Waals surface area contributed by atoms with Crippen LogP contribution in [0.4, 0.5) is 0 Å². The molecule has 4 nitrogen and oxygen atoms in total. The molecule has 0 saturated heterocycles. The Kier molecular flexibility index (Phi) is 4.69. The number of hydrogen-bond acceptors (Lipinski definition) is 4. The minimum Gasteiger partial charge on any atom is -0.487 e. The van der Waals surface area contributed by atoms with E-state index in [2.05, 4.69) is 39.8 Å². The molecule has 4 heteroatoms. The molecule has 1 aliphatic carbocycles. The minimum absolute atomic E-state index is 0.0137. The SMILES string of the molecule is CCCCCc1cc2c(c3c1C(=O)OCO3)C1C=C(C)CCC1C(C)(C)O2. The maximum absolute atomic E-state index is 12.6. The summed E-state index contributed by atoms with van der Waals surface area (Å²) in [5, 5.41) is 0. The van der Waals surface area contributed by atoms with Crippen molar-refractivity contribution in [1.82, 2.24) is 0 Å². The molecule has 0 aromatic heterocycles. The van der Waals surface area contributed by atoms with Crippen molar-refractivity contribution < 1.29 is 19.0 Å². The van der Waals surface area contributed by atoms with Crippen LogP contribution in [-0.2, 0) is 11.2 Å². The summed E-state index contributed by atoms with van der Waals surface area (Å²) < 4.78 is 17.7. The molecular formula is C23H30O4. The zero-order valence-electron chi connectivity index (χ0n) is 16.9. The van der Waals surface area contributed by atoms with Gasteiger partial charge < -0.3 is 14.2 Å². The molecule has 1 aromatic carbocycles. The van der Waals surface area contributed by atoms with E-state index in [-0.39, 0.29) is 24.3 Å². The van der Waals surface area contributed by atoms with Crippen LogP contribution in [0.5, 0.6) is 11.5 Å². The number of fused-ring (bicyclic) bond motifs is 5. The van der Waals surface area contributed by atoms with Crippen LogP contribution in [-0.4, -0.2) is 18.4 Å². The van der Waals surface area contributed by atoms with E-state index in [0.29, 0.717) is 17.2 Å². The summed E-state index contributed by atoms with van der Waals surface area (Å²) in [6, 6.07) is 2.08. The summed E-state index contributed by atoms with van der Waals surface area (Å²) in [7, 11) is 0. The zero-order valence-corrected chi connectivity index (χ0v) is 16.9. The number of aryl methyl sites for hydroxylation is 1. The van der Waals surface area contributed by atoms with Gasteiger partial charge >= 0.3 is 5.97 Å². The van der Waals surface area contributed by atoms with Crippen LogP contribution in [0.3, 0.4) is 0 Å². The second kappa shape index (κ2) is 6.88. The molecule has 146 valence electrons. The molecule has 4 rings (SSSR count). The molecular weight excluding hydrogens is 340 g/mol. The average Bonchev–Trinajstić information content (AvgIpc) is 2.60. The Morgan fingerprint density at radius 3 is 2.81 bits per heavy atom. The fourth-order valence-corrected chi connectivity index (χ4v) is 4.94. The van der Waals surface area contributed by atoms with Crippen molar-refractivity contribution in [2.24, 2.45) is 5.92 Å². The highest BCUT2D eigenvalue weighted by Crippen LogP contribution is 2.55.